The Morgan fingerprint density at radius 3 is 2.45 bits per heavy atom. The van der Waals surface area contributed by atoms with Crippen molar-refractivity contribution in [2.24, 2.45) is 0 Å². The second-order valence-corrected chi connectivity index (χ2v) is 11.0. The Hall–Kier alpha value is -4.19. The highest BCUT2D eigenvalue weighted by molar-refractivity contribution is 7.22. The highest BCUT2D eigenvalue weighted by atomic mass is 32.1. The van der Waals surface area contributed by atoms with E-state index in [-0.39, 0.29) is 12.6 Å². The van der Waals surface area contributed by atoms with E-state index in [1.807, 2.05) is 31.2 Å². The van der Waals surface area contributed by atoms with E-state index in [1.54, 1.807) is 42.1 Å². The molecule has 2 aromatic carbocycles. The molecule has 11 heteroatoms. The van der Waals surface area contributed by atoms with Crippen LogP contribution >= 0.6 is 11.3 Å². The van der Waals surface area contributed by atoms with Crippen LogP contribution < -0.4 is 20.7 Å². The summed E-state index contributed by atoms with van der Waals surface area (Å²) in [4.78, 5) is 34.1. The number of thiophene rings is 1. The zero-order valence-electron chi connectivity index (χ0n) is 23.6. The molecule has 1 aliphatic rings. The van der Waals surface area contributed by atoms with Gasteiger partial charge in [-0.2, -0.15) is 0 Å². The lowest BCUT2D eigenvalue weighted by molar-refractivity contribution is -0.0752. The van der Waals surface area contributed by atoms with Crippen LogP contribution in [0.15, 0.2) is 75.0 Å². The minimum atomic E-state index is -0.554. The Morgan fingerprint density at radius 2 is 1.74 bits per heavy atom. The summed E-state index contributed by atoms with van der Waals surface area (Å²) in [5.41, 5.74) is 0.893. The van der Waals surface area contributed by atoms with Crippen molar-refractivity contribution in [3.05, 3.63) is 93.0 Å². The van der Waals surface area contributed by atoms with Gasteiger partial charge in [0.05, 0.1) is 49.0 Å². The molecule has 1 fully saturated rings. The van der Waals surface area contributed by atoms with Crippen LogP contribution in [0.4, 0.5) is 0 Å². The van der Waals surface area contributed by atoms with Gasteiger partial charge in [-0.15, -0.1) is 11.3 Å². The molecule has 0 bridgehead atoms. The number of ether oxygens (including phenoxy) is 4. The van der Waals surface area contributed by atoms with Crippen LogP contribution in [0.2, 0.25) is 0 Å². The van der Waals surface area contributed by atoms with Crippen LogP contribution in [0.25, 0.3) is 26.7 Å². The smallest absolute Gasteiger partial charge is 0.336 e. The third kappa shape index (κ3) is 5.04. The van der Waals surface area contributed by atoms with E-state index in [0.717, 1.165) is 18.4 Å². The van der Waals surface area contributed by atoms with E-state index in [1.165, 1.54) is 29.3 Å². The van der Waals surface area contributed by atoms with Gasteiger partial charge in [0.15, 0.2) is 0 Å². The molecule has 0 saturated carbocycles. The SMILES string of the molecule is COc1ccccc1C(Cn1c(=O)n(-c2ccccc2OC)c(=O)c2c(C)c(-c3ncco3)sc21)OC1CCOCC1. The van der Waals surface area contributed by atoms with Gasteiger partial charge in [0.2, 0.25) is 5.89 Å². The van der Waals surface area contributed by atoms with Gasteiger partial charge >= 0.3 is 5.69 Å². The molecular weight excluding hydrogens is 558 g/mol. The first-order valence-corrected chi connectivity index (χ1v) is 14.5. The van der Waals surface area contributed by atoms with E-state index in [0.29, 0.717) is 56.9 Å². The summed E-state index contributed by atoms with van der Waals surface area (Å²) in [7, 11) is 3.12. The standard InChI is InChI=1S/C31H31N3O7S/c1-19-26-29(35)34(22-9-5-7-11-24(22)38-3)31(36)33(30(26)42-27(19)28-32-14-17-40-28)18-25(41-20-12-15-39-16-13-20)21-8-4-6-10-23(21)37-2/h4-11,14,17,20,25H,12-13,15-16,18H2,1-3H3. The molecule has 42 heavy (non-hydrogen) atoms. The van der Waals surface area contributed by atoms with Crippen LogP contribution in [0.5, 0.6) is 11.5 Å². The lowest BCUT2D eigenvalue weighted by Gasteiger charge is -2.29. The van der Waals surface area contributed by atoms with Crippen molar-refractivity contribution in [2.45, 2.75) is 38.5 Å². The number of aryl methyl sites for hydroxylation is 1. The maximum atomic E-state index is 14.4. The molecule has 4 heterocycles. The Morgan fingerprint density at radius 1 is 1.02 bits per heavy atom. The highest BCUT2D eigenvalue weighted by Crippen LogP contribution is 2.38. The van der Waals surface area contributed by atoms with Crippen LogP contribution in [0.1, 0.15) is 30.1 Å². The minimum absolute atomic E-state index is 0.0621. The lowest BCUT2D eigenvalue weighted by atomic mass is 10.1. The molecule has 218 valence electrons. The number of oxazole rings is 1. The maximum absolute atomic E-state index is 14.4. The van der Waals surface area contributed by atoms with Gasteiger partial charge < -0.3 is 23.4 Å². The van der Waals surface area contributed by atoms with E-state index < -0.39 is 17.4 Å². The van der Waals surface area contributed by atoms with E-state index in [9.17, 15) is 9.59 Å². The number of fused-ring (bicyclic) bond motifs is 1. The summed E-state index contributed by atoms with van der Waals surface area (Å²) < 4.78 is 31.9. The van der Waals surface area contributed by atoms with Gasteiger partial charge in [0.1, 0.15) is 28.7 Å². The number of hydrogen-bond acceptors (Lipinski definition) is 9. The molecule has 1 aliphatic heterocycles. The number of nitrogens with zero attached hydrogens (tertiary/aromatic N) is 3. The first kappa shape index (κ1) is 28.0. The Bertz CT molecular complexity index is 1820. The molecule has 3 aromatic heterocycles. The monoisotopic (exact) mass is 589 g/mol. The summed E-state index contributed by atoms with van der Waals surface area (Å²) in [6, 6.07) is 14.6. The van der Waals surface area contributed by atoms with E-state index >= 15 is 0 Å². The Labute approximate surface area is 245 Å². The average molecular weight is 590 g/mol. The van der Waals surface area contributed by atoms with Crippen molar-refractivity contribution < 1.29 is 23.4 Å². The Kier molecular flexibility index (Phi) is 7.96. The Balaban J connectivity index is 1.60. The molecule has 0 N–H and O–H groups in total. The molecule has 1 atom stereocenters. The first-order valence-electron chi connectivity index (χ1n) is 13.7. The van der Waals surface area contributed by atoms with Gasteiger partial charge in [-0.05, 0) is 43.5 Å². The molecule has 5 aromatic rings. The highest BCUT2D eigenvalue weighted by Gasteiger charge is 2.29. The van der Waals surface area contributed by atoms with Gasteiger partial charge in [-0.25, -0.2) is 14.3 Å². The fourth-order valence-electron chi connectivity index (χ4n) is 5.43. The number of benzene rings is 2. The summed E-state index contributed by atoms with van der Waals surface area (Å²) in [6.07, 6.45) is 3.90. The second-order valence-electron chi connectivity index (χ2n) is 9.96. The van der Waals surface area contributed by atoms with Crippen molar-refractivity contribution in [3.8, 4) is 28.0 Å². The molecule has 0 spiro atoms. The van der Waals surface area contributed by atoms with Crippen molar-refractivity contribution in [1.82, 2.24) is 14.1 Å². The van der Waals surface area contributed by atoms with Gasteiger partial charge in [0, 0.05) is 18.8 Å². The molecule has 1 saturated heterocycles. The minimum Gasteiger partial charge on any atom is -0.496 e. The fraction of sp³-hybridized carbons (Fsp3) is 0.323. The molecular formula is C31H31N3O7S. The molecule has 6 rings (SSSR count). The summed E-state index contributed by atoms with van der Waals surface area (Å²) >= 11 is 1.30. The van der Waals surface area contributed by atoms with Crippen LogP contribution in [-0.4, -0.2) is 47.7 Å². The fourth-order valence-corrected chi connectivity index (χ4v) is 6.67. The van der Waals surface area contributed by atoms with E-state index in [4.69, 9.17) is 23.4 Å². The number of aromatic nitrogens is 3. The van der Waals surface area contributed by atoms with Gasteiger partial charge in [0.25, 0.3) is 5.56 Å². The van der Waals surface area contributed by atoms with Crippen molar-refractivity contribution in [3.63, 3.8) is 0 Å². The number of hydrogen-bond donors (Lipinski definition) is 0. The lowest BCUT2D eigenvalue weighted by Crippen LogP contribution is -2.40. The molecule has 10 nitrogen and oxygen atoms in total. The number of para-hydroxylation sites is 3. The first-order chi connectivity index (χ1) is 20.5. The zero-order chi connectivity index (χ0) is 29.2. The topological polar surface area (TPSA) is 107 Å². The number of rotatable bonds is 9. The van der Waals surface area contributed by atoms with Gasteiger partial charge in [-0.3, -0.25) is 9.36 Å². The number of methoxy groups -OCH3 is 2. The van der Waals surface area contributed by atoms with E-state index in [2.05, 4.69) is 4.98 Å². The van der Waals surface area contributed by atoms with Crippen LogP contribution in [0.3, 0.4) is 0 Å². The summed E-state index contributed by atoms with van der Waals surface area (Å²) in [5.74, 6) is 1.44. The molecule has 0 amide bonds. The second kappa shape index (κ2) is 12.0. The van der Waals surface area contributed by atoms with Crippen molar-refractivity contribution in [2.75, 3.05) is 27.4 Å². The van der Waals surface area contributed by atoms with Crippen LogP contribution in [0, 0.1) is 6.92 Å². The zero-order valence-corrected chi connectivity index (χ0v) is 24.4. The summed E-state index contributed by atoms with van der Waals surface area (Å²) in [6.45, 7) is 3.19. The van der Waals surface area contributed by atoms with Crippen molar-refractivity contribution in [1.29, 1.82) is 0 Å². The third-order valence-electron chi connectivity index (χ3n) is 7.52. The van der Waals surface area contributed by atoms with Crippen LogP contribution in [-0.2, 0) is 16.0 Å². The predicted octanol–water partition coefficient (Wildman–Crippen LogP) is 5.13. The quantitative estimate of drug-likeness (QED) is 0.233. The normalized spacial score (nSPS) is 14.7. The van der Waals surface area contributed by atoms with Crippen molar-refractivity contribution >= 4 is 21.6 Å². The maximum Gasteiger partial charge on any atom is 0.336 e. The predicted molar refractivity (Wildman–Crippen MR) is 159 cm³/mol. The average Bonchev–Trinajstić information content (AvgIpc) is 3.67. The molecule has 0 radical (unpaired) electrons. The molecule has 0 aliphatic carbocycles. The molecule has 1 unspecified atom stereocenters. The third-order valence-corrected chi connectivity index (χ3v) is 8.83. The summed E-state index contributed by atoms with van der Waals surface area (Å²) in [5, 5.41) is 0.406. The van der Waals surface area contributed by atoms with Gasteiger partial charge in [-0.1, -0.05) is 30.3 Å². The largest absolute Gasteiger partial charge is 0.496 e.